The van der Waals surface area contributed by atoms with Gasteiger partial charge in [-0.3, -0.25) is 14.9 Å². The Hall–Kier alpha value is -3.39. The smallest absolute Gasteiger partial charge is 0.320 e. The van der Waals surface area contributed by atoms with E-state index >= 15 is 0 Å². The molecule has 0 amide bonds. The molecule has 0 bridgehead atoms. The molecule has 0 aliphatic heterocycles. The third kappa shape index (κ3) is 4.44. The van der Waals surface area contributed by atoms with E-state index in [1.807, 2.05) is 13.8 Å². The Bertz CT molecular complexity index is 1110. The molecule has 30 heavy (non-hydrogen) atoms. The van der Waals surface area contributed by atoms with Crippen LogP contribution in [-0.2, 0) is 11.3 Å². The molecular formula is C22H22FNO6. The number of carboxylic acid groups (broad SMARTS) is 1. The Labute approximate surface area is 171 Å². The lowest BCUT2D eigenvalue weighted by Crippen LogP contribution is -2.41. The maximum absolute atomic E-state index is 13.0. The van der Waals surface area contributed by atoms with Gasteiger partial charge in [0.25, 0.3) is 0 Å². The molecule has 2 atom stereocenters. The summed E-state index contributed by atoms with van der Waals surface area (Å²) in [6, 6.07) is 7.10. The number of fused-ring (bicyclic) bond motifs is 1. The van der Waals surface area contributed by atoms with Crippen LogP contribution in [0.2, 0.25) is 0 Å². The van der Waals surface area contributed by atoms with Crippen LogP contribution in [0.3, 0.4) is 0 Å². The van der Waals surface area contributed by atoms with Gasteiger partial charge in [0.1, 0.15) is 35.2 Å². The molecular weight excluding hydrogens is 393 g/mol. The van der Waals surface area contributed by atoms with E-state index in [1.54, 1.807) is 0 Å². The summed E-state index contributed by atoms with van der Waals surface area (Å²) in [5.74, 6) is -1.53. The summed E-state index contributed by atoms with van der Waals surface area (Å²) < 4.78 is 24.1. The Morgan fingerprint density at radius 3 is 2.57 bits per heavy atom. The van der Waals surface area contributed by atoms with Gasteiger partial charge in [-0.2, -0.15) is 0 Å². The molecule has 1 heterocycles. The van der Waals surface area contributed by atoms with Gasteiger partial charge < -0.3 is 19.4 Å². The second-order valence-corrected chi connectivity index (χ2v) is 7.01. The van der Waals surface area contributed by atoms with Gasteiger partial charge in [-0.15, -0.1) is 0 Å². The average molecular weight is 415 g/mol. The third-order valence-corrected chi connectivity index (χ3v) is 5.01. The highest BCUT2D eigenvalue weighted by Gasteiger charge is 2.24. The summed E-state index contributed by atoms with van der Waals surface area (Å²) >= 11 is 0. The Morgan fingerprint density at radius 1 is 1.23 bits per heavy atom. The van der Waals surface area contributed by atoms with Crippen molar-refractivity contribution in [2.24, 2.45) is 5.92 Å². The maximum atomic E-state index is 13.0. The quantitative estimate of drug-likeness (QED) is 0.510. The molecule has 7 nitrogen and oxygen atoms in total. The van der Waals surface area contributed by atoms with Crippen LogP contribution in [0.5, 0.6) is 17.2 Å². The summed E-state index contributed by atoms with van der Waals surface area (Å²) in [7, 11) is 0. The van der Waals surface area contributed by atoms with Crippen LogP contribution in [0.1, 0.15) is 25.8 Å². The summed E-state index contributed by atoms with van der Waals surface area (Å²) in [4.78, 5) is 24.3. The van der Waals surface area contributed by atoms with Crippen LogP contribution in [-0.4, -0.2) is 22.2 Å². The molecule has 3 rings (SSSR count). The number of nitrogens with one attached hydrogen (secondary N) is 1. The highest BCUT2D eigenvalue weighted by molar-refractivity contribution is 5.83. The summed E-state index contributed by atoms with van der Waals surface area (Å²) in [5.41, 5.74) is -0.0710. The number of phenols is 1. The SMILES string of the molecule is CCC(C)[C@@H](NCc1c(O)ccc2c(=O)c(Oc3ccc(F)cc3)coc12)C(=O)O. The van der Waals surface area contributed by atoms with Crippen molar-refractivity contribution in [2.45, 2.75) is 32.9 Å². The molecule has 0 aliphatic carbocycles. The standard InChI is InChI=1S/C22H22FNO6/c1-3-12(2)19(22(27)28)24-10-16-17(25)9-8-15-20(26)18(11-29-21(15)16)30-14-6-4-13(23)5-7-14/h4-9,11-12,19,24-25H,3,10H2,1-2H3,(H,27,28)/t12?,19-/m1/s1. The topological polar surface area (TPSA) is 109 Å². The van der Waals surface area contributed by atoms with E-state index in [2.05, 4.69) is 5.32 Å². The van der Waals surface area contributed by atoms with Gasteiger partial charge in [0.2, 0.25) is 11.2 Å². The number of carbonyl (C=O) groups is 1. The van der Waals surface area contributed by atoms with Crippen LogP contribution >= 0.6 is 0 Å². The van der Waals surface area contributed by atoms with Crippen molar-refractivity contribution in [3.63, 3.8) is 0 Å². The predicted molar refractivity (Wildman–Crippen MR) is 108 cm³/mol. The molecule has 2 aromatic carbocycles. The lowest BCUT2D eigenvalue weighted by molar-refractivity contribution is -0.140. The molecule has 0 saturated heterocycles. The van der Waals surface area contributed by atoms with Crippen molar-refractivity contribution in [2.75, 3.05) is 0 Å². The van der Waals surface area contributed by atoms with Crippen LogP contribution in [0.15, 0.2) is 51.9 Å². The molecule has 0 radical (unpaired) electrons. The molecule has 8 heteroatoms. The normalized spacial score (nSPS) is 13.2. The molecule has 0 saturated carbocycles. The van der Waals surface area contributed by atoms with Crippen molar-refractivity contribution < 1.29 is 28.6 Å². The first-order chi connectivity index (χ1) is 14.3. The third-order valence-electron chi connectivity index (χ3n) is 5.01. The lowest BCUT2D eigenvalue weighted by Gasteiger charge is -2.20. The molecule has 0 aliphatic rings. The zero-order valence-corrected chi connectivity index (χ0v) is 16.5. The van der Waals surface area contributed by atoms with Crippen LogP contribution < -0.4 is 15.5 Å². The molecule has 0 fully saturated rings. The minimum Gasteiger partial charge on any atom is -0.507 e. The number of aromatic hydroxyl groups is 1. The van der Waals surface area contributed by atoms with Gasteiger partial charge in [-0.1, -0.05) is 20.3 Å². The fourth-order valence-electron chi connectivity index (χ4n) is 3.08. The van der Waals surface area contributed by atoms with E-state index in [1.165, 1.54) is 36.4 Å². The second-order valence-electron chi connectivity index (χ2n) is 7.01. The van der Waals surface area contributed by atoms with Crippen molar-refractivity contribution >= 4 is 16.9 Å². The van der Waals surface area contributed by atoms with Crippen LogP contribution in [0.25, 0.3) is 11.0 Å². The first-order valence-electron chi connectivity index (χ1n) is 9.47. The number of hydrogen-bond acceptors (Lipinski definition) is 6. The summed E-state index contributed by atoms with van der Waals surface area (Å²) in [6.45, 7) is 3.69. The van der Waals surface area contributed by atoms with Gasteiger partial charge in [0.15, 0.2) is 0 Å². The Kier molecular flexibility index (Phi) is 6.37. The number of carboxylic acids is 1. The van der Waals surface area contributed by atoms with Crippen molar-refractivity contribution in [3.05, 3.63) is 64.3 Å². The van der Waals surface area contributed by atoms with Gasteiger partial charge in [-0.25, -0.2) is 4.39 Å². The minimum absolute atomic E-state index is 0.00835. The molecule has 3 N–H and O–H groups in total. The average Bonchev–Trinajstić information content (AvgIpc) is 2.72. The van der Waals surface area contributed by atoms with E-state index < -0.39 is 23.3 Å². The molecule has 158 valence electrons. The van der Waals surface area contributed by atoms with Gasteiger partial charge >= 0.3 is 5.97 Å². The first-order valence-corrected chi connectivity index (χ1v) is 9.47. The summed E-state index contributed by atoms with van der Waals surface area (Å²) in [6.07, 6.45) is 1.77. The molecule has 1 unspecified atom stereocenters. The second kappa shape index (κ2) is 8.96. The van der Waals surface area contributed by atoms with Gasteiger partial charge in [0, 0.05) is 6.54 Å². The Morgan fingerprint density at radius 2 is 1.93 bits per heavy atom. The number of ether oxygens (including phenoxy) is 1. The van der Waals surface area contributed by atoms with Crippen molar-refractivity contribution in [3.8, 4) is 17.2 Å². The zero-order valence-electron chi connectivity index (χ0n) is 16.5. The molecule has 3 aromatic rings. The number of phenolic OH excluding ortho intramolecular Hbond substituents is 1. The monoisotopic (exact) mass is 415 g/mol. The van der Waals surface area contributed by atoms with Crippen molar-refractivity contribution in [1.82, 2.24) is 5.32 Å². The van der Waals surface area contributed by atoms with E-state index in [0.717, 1.165) is 6.26 Å². The number of halogens is 1. The predicted octanol–water partition coefficient (Wildman–Crippen LogP) is 4.02. The Balaban J connectivity index is 1.93. The van der Waals surface area contributed by atoms with E-state index in [-0.39, 0.29) is 46.2 Å². The minimum atomic E-state index is -1.000. The van der Waals surface area contributed by atoms with Gasteiger partial charge in [0.05, 0.1) is 10.9 Å². The lowest BCUT2D eigenvalue weighted by atomic mass is 9.99. The van der Waals surface area contributed by atoms with Crippen LogP contribution in [0.4, 0.5) is 4.39 Å². The van der Waals surface area contributed by atoms with Crippen molar-refractivity contribution in [1.29, 1.82) is 0 Å². The zero-order chi connectivity index (χ0) is 21.8. The number of rotatable bonds is 8. The number of benzene rings is 2. The molecule has 1 aromatic heterocycles. The fourth-order valence-corrected chi connectivity index (χ4v) is 3.08. The van der Waals surface area contributed by atoms with Gasteiger partial charge in [-0.05, 0) is 42.3 Å². The van der Waals surface area contributed by atoms with E-state index in [0.29, 0.717) is 6.42 Å². The maximum Gasteiger partial charge on any atom is 0.320 e. The molecule has 0 spiro atoms. The van der Waals surface area contributed by atoms with E-state index in [4.69, 9.17) is 9.15 Å². The highest BCUT2D eigenvalue weighted by atomic mass is 19.1. The number of aliphatic carboxylic acids is 1. The first kappa shape index (κ1) is 21.3. The highest BCUT2D eigenvalue weighted by Crippen LogP contribution is 2.28. The summed E-state index contributed by atoms with van der Waals surface area (Å²) in [5, 5.41) is 22.8. The van der Waals surface area contributed by atoms with Crippen LogP contribution in [0, 0.1) is 11.7 Å². The van der Waals surface area contributed by atoms with E-state index in [9.17, 15) is 24.2 Å². The fraction of sp³-hybridized carbons (Fsp3) is 0.273. The largest absolute Gasteiger partial charge is 0.507 e. The number of hydrogen-bond donors (Lipinski definition) is 3.